The normalized spacial score (nSPS) is 12.4. The predicted octanol–water partition coefficient (Wildman–Crippen LogP) is 2.90. The largest absolute Gasteiger partial charge is 0.495 e. The van der Waals surface area contributed by atoms with Crippen LogP contribution in [0.2, 0.25) is 0 Å². The van der Waals surface area contributed by atoms with Crippen LogP contribution in [0.5, 0.6) is 17.2 Å². The second-order valence-corrected chi connectivity index (χ2v) is 7.47. The molecule has 9 heteroatoms. The molecule has 0 saturated heterocycles. The summed E-state index contributed by atoms with van der Waals surface area (Å²) in [6.07, 6.45) is 0. The minimum absolute atomic E-state index is 0.0586. The number of rotatable bonds is 10. The molecule has 0 aliphatic carbocycles. The van der Waals surface area contributed by atoms with Gasteiger partial charge in [0.25, 0.3) is 10.1 Å². The average Bonchev–Trinajstić information content (AvgIpc) is 2.66. The first-order chi connectivity index (χ1) is 12.9. The van der Waals surface area contributed by atoms with Crippen molar-refractivity contribution in [1.29, 1.82) is 0 Å². The molecule has 27 heavy (non-hydrogen) atoms. The highest BCUT2D eigenvalue weighted by Gasteiger charge is 2.19. The highest BCUT2D eigenvalue weighted by molar-refractivity contribution is 7.86. The van der Waals surface area contributed by atoms with Gasteiger partial charge in [-0.3, -0.25) is 4.55 Å². The first kappa shape index (κ1) is 21.3. The first-order valence-electron chi connectivity index (χ1n) is 8.13. The SMILES string of the molecule is COc1ccccc1OCCNCC(Cl)c1ccc(OC)c(S(=O)(=O)O)c1. The summed E-state index contributed by atoms with van der Waals surface area (Å²) in [7, 11) is -1.50. The fourth-order valence-corrected chi connectivity index (χ4v) is 3.34. The van der Waals surface area contributed by atoms with Gasteiger partial charge >= 0.3 is 0 Å². The van der Waals surface area contributed by atoms with E-state index >= 15 is 0 Å². The Kier molecular flexibility index (Phi) is 7.73. The maximum Gasteiger partial charge on any atom is 0.298 e. The van der Waals surface area contributed by atoms with E-state index in [9.17, 15) is 13.0 Å². The Bertz CT molecular complexity index is 859. The van der Waals surface area contributed by atoms with Crippen LogP contribution in [0.3, 0.4) is 0 Å². The molecular formula is C18H22ClNO6S. The molecule has 0 saturated carbocycles. The number of hydrogen-bond donors (Lipinski definition) is 2. The van der Waals surface area contributed by atoms with Crippen molar-refractivity contribution in [1.82, 2.24) is 5.32 Å². The van der Waals surface area contributed by atoms with Crippen molar-refractivity contribution in [2.24, 2.45) is 0 Å². The van der Waals surface area contributed by atoms with Crippen LogP contribution in [-0.4, -0.2) is 46.9 Å². The van der Waals surface area contributed by atoms with Crippen molar-refractivity contribution in [3.63, 3.8) is 0 Å². The molecule has 0 aliphatic heterocycles. The molecule has 0 fully saturated rings. The van der Waals surface area contributed by atoms with Gasteiger partial charge < -0.3 is 19.5 Å². The van der Waals surface area contributed by atoms with Gasteiger partial charge in [-0.25, -0.2) is 0 Å². The Morgan fingerprint density at radius 1 is 1.07 bits per heavy atom. The van der Waals surface area contributed by atoms with E-state index in [-0.39, 0.29) is 10.6 Å². The number of nitrogens with one attached hydrogen (secondary N) is 1. The molecular weight excluding hydrogens is 394 g/mol. The lowest BCUT2D eigenvalue weighted by molar-refractivity contribution is 0.292. The monoisotopic (exact) mass is 415 g/mol. The summed E-state index contributed by atoms with van der Waals surface area (Å²) >= 11 is 6.33. The zero-order valence-corrected chi connectivity index (χ0v) is 16.6. The molecule has 0 heterocycles. The number of benzene rings is 2. The van der Waals surface area contributed by atoms with Crippen LogP contribution in [0, 0.1) is 0 Å². The number of halogens is 1. The van der Waals surface area contributed by atoms with Crippen molar-refractivity contribution in [2.75, 3.05) is 33.9 Å². The Labute approximate surface area is 164 Å². The number of alkyl halides is 1. The van der Waals surface area contributed by atoms with Crippen LogP contribution in [0.1, 0.15) is 10.9 Å². The van der Waals surface area contributed by atoms with Crippen molar-refractivity contribution >= 4 is 21.7 Å². The van der Waals surface area contributed by atoms with Crippen LogP contribution in [0.15, 0.2) is 47.4 Å². The summed E-state index contributed by atoms with van der Waals surface area (Å²) in [5, 5.41) is 2.64. The molecule has 0 bridgehead atoms. The molecule has 0 aliphatic rings. The van der Waals surface area contributed by atoms with Gasteiger partial charge in [-0.15, -0.1) is 11.6 Å². The third kappa shape index (κ3) is 6.00. The molecule has 7 nitrogen and oxygen atoms in total. The van der Waals surface area contributed by atoms with Gasteiger partial charge in [-0.05, 0) is 29.8 Å². The number of ether oxygens (including phenoxy) is 3. The molecule has 0 radical (unpaired) electrons. The lowest BCUT2D eigenvalue weighted by atomic mass is 10.1. The zero-order chi connectivity index (χ0) is 19.9. The zero-order valence-electron chi connectivity index (χ0n) is 15.0. The molecule has 0 spiro atoms. The minimum Gasteiger partial charge on any atom is -0.495 e. The van der Waals surface area contributed by atoms with E-state index in [4.69, 9.17) is 25.8 Å². The molecule has 1 unspecified atom stereocenters. The van der Waals surface area contributed by atoms with Crippen LogP contribution in [-0.2, 0) is 10.1 Å². The molecule has 1 atom stereocenters. The molecule has 2 rings (SSSR count). The topological polar surface area (TPSA) is 94.1 Å². The van der Waals surface area contributed by atoms with E-state index in [2.05, 4.69) is 5.32 Å². The summed E-state index contributed by atoms with van der Waals surface area (Å²) in [5.74, 6) is 1.36. The molecule has 2 aromatic rings. The van der Waals surface area contributed by atoms with Crippen molar-refractivity contribution < 1.29 is 27.2 Å². The van der Waals surface area contributed by atoms with Crippen molar-refractivity contribution in [3.8, 4) is 17.2 Å². The molecule has 0 amide bonds. The van der Waals surface area contributed by atoms with Gasteiger partial charge in [0.05, 0.1) is 19.6 Å². The second kappa shape index (κ2) is 9.80. The number of para-hydroxylation sites is 2. The Balaban J connectivity index is 1.88. The lowest BCUT2D eigenvalue weighted by Crippen LogP contribution is -2.24. The lowest BCUT2D eigenvalue weighted by Gasteiger charge is -2.14. The summed E-state index contributed by atoms with van der Waals surface area (Å²) in [6, 6.07) is 11.8. The smallest absolute Gasteiger partial charge is 0.298 e. The Morgan fingerprint density at radius 2 is 1.74 bits per heavy atom. The third-order valence-corrected chi connectivity index (χ3v) is 5.04. The maximum atomic E-state index is 11.5. The molecule has 148 valence electrons. The highest BCUT2D eigenvalue weighted by Crippen LogP contribution is 2.29. The van der Waals surface area contributed by atoms with Crippen LogP contribution in [0.25, 0.3) is 0 Å². The molecule has 0 aromatic heterocycles. The fourth-order valence-electron chi connectivity index (χ4n) is 2.41. The Hall–Kier alpha value is -2.00. The number of hydrogen-bond acceptors (Lipinski definition) is 6. The average molecular weight is 416 g/mol. The first-order valence-corrected chi connectivity index (χ1v) is 10.0. The van der Waals surface area contributed by atoms with Gasteiger partial charge in [0.2, 0.25) is 0 Å². The Morgan fingerprint density at radius 3 is 2.37 bits per heavy atom. The fraction of sp³-hybridized carbons (Fsp3) is 0.333. The summed E-state index contributed by atoms with van der Waals surface area (Å²) < 4.78 is 48.1. The van der Waals surface area contributed by atoms with Gasteiger partial charge in [0, 0.05) is 13.1 Å². The maximum absolute atomic E-state index is 11.5. The predicted molar refractivity (Wildman–Crippen MR) is 103 cm³/mol. The summed E-state index contributed by atoms with van der Waals surface area (Å²) in [4.78, 5) is -0.312. The van der Waals surface area contributed by atoms with E-state index in [0.717, 1.165) is 0 Å². The van der Waals surface area contributed by atoms with Crippen LogP contribution < -0.4 is 19.5 Å². The quantitative estimate of drug-likeness (QED) is 0.350. The third-order valence-electron chi connectivity index (χ3n) is 3.76. The second-order valence-electron chi connectivity index (χ2n) is 5.56. The standard InChI is InChI=1S/C18H22ClNO6S/c1-24-15-5-3-4-6-16(15)26-10-9-20-12-14(19)13-7-8-17(25-2)18(11-13)27(21,22)23/h3-8,11,14,20H,9-10,12H2,1-2H3,(H,21,22,23). The molecule has 2 N–H and O–H groups in total. The minimum atomic E-state index is -4.40. The summed E-state index contributed by atoms with van der Waals surface area (Å²) in [6.45, 7) is 1.32. The van der Waals surface area contributed by atoms with Gasteiger partial charge in [0.15, 0.2) is 11.5 Å². The molecule has 2 aromatic carbocycles. The van der Waals surface area contributed by atoms with E-state index in [1.165, 1.54) is 19.2 Å². The van der Waals surface area contributed by atoms with Crippen LogP contribution in [0.4, 0.5) is 0 Å². The van der Waals surface area contributed by atoms with Gasteiger partial charge in [0.1, 0.15) is 17.3 Å². The van der Waals surface area contributed by atoms with E-state index < -0.39 is 15.5 Å². The van der Waals surface area contributed by atoms with Gasteiger partial charge in [-0.1, -0.05) is 18.2 Å². The highest BCUT2D eigenvalue weighted by atomic mass is 35.5. The van der Waals surface area contributed by atoms with Crippen LogP contribution >= 0.6 is 11.6 Å². The van der Waals surface area contributed by atoms with Crippen molar-refractivity contribution in [2.45, 2.75) is 10.3 Å². The van der Waals surface area contributed by atoms with Gasteiger partial charge in [-0.2, -0.15) is 8.42 Å². The van der Waals surface area contributed by atoms with Crippen molar-refractivity contribution in [3.05, 3.63) is 48.0 Å². The van der Waals surface area contributed by atoms with E-state index in [0.29, 0.717) is 36.8 Å². The van der Waals surface area contributed by atoms with E-state index in [1.807, 2.05) is 24.3 Å². The summed E-state index contributed by atoms with van der Waals surface area (Å²) in [5.41, 5.74) is 0.545. The number of methoxy groups -OCH3 is 2. The van der Waals surface area contributed by atoms with E-state index in [1.54, 1.807) is 13.2 Å².